The Morgan fingerprint density at radius 3 is 2.58 bits per heavy atom. The fourth-order valence-electron chi connectivity index (χ4n) is 2.10. The van der Waals surface area contributed by atoms with Crippen LogP contribution in [0.1, 0.15) is 18.4 Å². The molecule has 0 heterocycles. The number of nitrogens with one attached hydrogen (secondary N) is 1. The van der Waals surface area contributed by atoms with Crippen LogP contribution in [0.2, 0.25) is 10.0 Å². The van der Waals surface area contributed by atoms with Crippen LogP contribution in [0.4, 0.5) is 5.69 Å². The van der Waals surface area contributed by atoms with Gasteiger partial charge in [-0.3, -0.25) is 4.79 Å². The van der Waals surface area contributed by atoms with Gasteiger partial charge in [-0.2, -0.15) is 5.10 Å². The van der Waals surface area contributed by atoms with Crippen LogP contribution in [0.15, 0.2) is 47.6 Å². The molecular formula is C19H21Cl2N3O2. The normalized spacial score (nSPS) is 10.8. The zero-order chi connectivity index (χ0) is 18.9. The van der Waals surface area contributed by atoms with Crippen molar-refractivity contribution in [2.45, 2.75) is 12.8 Å². The first-order valence-corrected chi connectivity index (χ1v) is 8.88. The highest BCUT2D eigenvalue weighted by Gasteiger charge is 2.04. The summed E-state index contributed by atoms with van der Waals surface area (Å²) in [5.74, 6) is 0.382. The Hall–Kier alpha value is -2.24. The van der Waals surface area contributed by atoms with Gasteiger partial charge in [-0.15, -0.1) is 0 Å². The second kappa shape index (κ2) is 10.0. The molecule has 0 aliphatic rings. The molecule has 7 heteroatoms. The fraction of sp³-hybridized carbons (Fsp3) is 0.263. The summed E-state index contributed by atoms with van der Waals surface area (Å²) in [6, 6.07) is 12.9. The molecule has 138 valence electrons. The van der Waals surface area contributed by atoms with Gasteiger partial charge in [-0.1, -0.05) is 35.3 Å². The standard InChI is InChI=1S/C19H21Cl2N3O2/c1-24(2)16-8-5-14(6-9-16)13-22-23-19(25)4-3-11-26-18-10-7-15(20)12-17(18)21/h5-10,12-13H,3-4,11H2,1-2H3,(H,23,25). The Balaban J connectivity index is 1.68. The average Bonchev–Trinajstić information content (AvgIpc) is 2.60. The van der Waals surface area contributed by atoms with Gasteiger partial charge in [0.2, 0.25) is 5.91 Å². The Kier molecular flexibility index (Phi) is 7.75. The lowest BCUT2D eigenvalue weighted by Crippen LogP contribution is -2.18. The lowest BCUT2D eigenvalue weighted by molar-refractivity contribution is -0.121. The van der Waals surface area contributed by atoms with Crippen LogP contribution in [0.25, 0.3) is 0 Å². The molecule has 0 unspecified atom stereocenters. The number of hydrogen-bond donors (Lipinski definition) is 1. The van der Waals surface area contributed by atoms with E-state index in [4.69, 9.17) is 27.9 Å². The van der Waals surface area contributed by atoms with Gasteiger partial charge >= 0.3 is 0 Å². The molecule has 1 amide bonds. The maximum absolute atomic E-state index is 11.8. The van der Waals surface area contributed by atoms with Crippen LogP contribution in [0.5, 0.6) is 5.75 Å². The molecule has 5 nitrogen and oxygen atoms in total. The number of carbonyl (C=O) groups excluding carboxylic acids is 1. The number of nitrogens with zero attached hydrogens (tertiary/aromatic N) is 2. The monoisotopic (exact) mass is 393 g/mol. The predicted octanol–water partition coefficient (Wildman–Crippen LogP) is 4.37. The van der Waals surface area contributed by atoms with Gasteiger partial charge in [0.15, 0.2) is 0 Å². The molecule has 0 spiro atoms. The number of benzene rings is 2. The van der Waals surface area contributed by atoms with Crippen molar-refractivity contribution in [1.29, 1.82) is 0 Å². The molecule has 26 heavy (non-hydrogen) atoms. The maximum Gasteiger partial charge on any atom is 0.240 e. The third-order valence-electron chi connectivity index (χ3n) is 3.51. The smallest absolute Gasteiger partial charge is 0.240 e. The van der Waals surface area contributed by atoms with Gasteiger partial charge < -0.3 is 9.64 Å². The van der Waals surface area contributed by atoms with Crippen LogP contribution in [0.3, 0.4) is 0 Å². The van der Waals surface area contributed by atoms with E-state index in [-0.39, 0.29) is 5.91 Å². The highest BCUT2D eigenvalue weighted by atomic mass is 35.5. The van der Waals surface area contributed by atoms with Gasteiger partial charge in [-0.25, -0.2) is 5.43 Å². The number of ether oxygens (including phenoxy) is 1. The van der Waals surface area contributed by atoms with Crippen molar-refractivity contribution in [3.8, 4) is 5.75 Å². The molecule has 2 rings (SSSR count). The van der Waals surface area contributed by atoms with E-state index < -0.39 is 0 Å². The van der Waals surface area contributed by atoms with E-state index in [1.54, 1.807) is 24.4 Å². The molecule has 0 aromatic heterocycles. The van der Waals surface area contributed by atoms with E-state index in [9.17, 15) is 4.79 Å². The first-order chi connectivity index (χ1) is 12.5. The van der Waals surface area contributed by atoms with E-state index in [0.717, 1.165) is 11.3 Å². The Labute approximate surface area is 163 Å². The highest BCUT2D eigenvalue weighted by molar-refractivity contribution is 6.35. The number of rotatable bonds is 8. The van der Waals surface area contributed by atoms with Crippen molar-refractivity contribution in [1.82, 2.24) is 5.43 Å². The zero-order valence-electron chi connectivity index (χ0n) is 14.7. The van der Waals surface area contributed by atoms with Gasteiger partial charge in [0.25, 0.3) is 0 Å². The third kappa shape index (κ3) is 6.58. The second-order valence-corrected chi connectivity index (χ2v) is 6.65. The number of hydrogen-bond acceptors (Lipinski definition) is 4. The quantitative estimate of drug-likeness (QED) is 0.411. The van der Waals surface area contributed by atoms with Gasteiger partial charge in [0.1, 0.15) is 5.75 Å². The van der Waals surface area contributed by atoms with Crippen LogP contribution >= 0.6 is 23.2 Å². The summed E-state index contributed by atoms with van der Waals surface area (Å²) in [6.45, 7) is 0.379. The molecular weight excluding hydrogens is 373 g/mol. The Bertz CT molecular complexity index is 762. The minimum Gasteiger partial charge on any atom is -0.492 e. The van der Waals surface area contributed by atoms with Crippen molar-refractivity contribution >= 4 is 41.0 Å². The lowest BCUT2D eigenvalue weighted by atomic mass is 10.2. The van der Waals surface area contributed by atoms with Crippen molar-refractivity contribution in [2.24, 2.45) is 5.10 Å². The van der Waals surface area contributed by atoms with E-state index in [0.29, 0.717) is 35.2 Å². The number of carbonyl (C=O) groups is 1. The number of halogens is 2. The summed E-state index contributed by atoms with van der Waals surface area (Å²) in [5, 5.41) is 4.96. The molecule has 0 saturated heterocycles. The molecule has 0 radical (unpaired) electrons. The highest BCUT2D eigenvalue weighted by Crippen LogP contribution is 2.27. The van der Waals surface area contributed by atoms with Gasteiger partial charge in [0.05, 0.1) is 17.8 Å². The first-order valence-electron chi connectivity index (χ1n) is 8.13. The third-order valence-corrected chi connectivity index (χ3v) is 4.04. The zero-order valence-corrected chi connectivity index (χ0v) is 16.2. The van der Waals surface area contributed by atoms with Gasteiger partial charge in [0, 0.05) is 31.2 Å². The van der Waals surface area contributed by atoms with Crippen molar-refractivity contribution in [3.05, 3.63) is 58.1 Å². The van der Waals surface area contributed by atoms with Crippen LogP contribution in [0, 0.1) is 0 Å². The maximum atomic E-state index is 11.8. The number of anilines is 1. The second-order valence-electron chi connectivity index (χ2n) is 5.81. The molecule has 0 bridgehead atoms. The Morgan fingerprint density at radius 2 is 1.92 bits per heavy atom. The SMILES string of the molecule is CN(C)c1ccc(C=NNC(=O)CCCOc2ccc(Cl)cc2Cl)cc1. The summed E-state index contributed by atoms with van der Waals surface area (Å²) >= 11 is 11.8. The van der Waals surface area contributed by atoms with Crippen molar-refractivity contribution in [2.75, 3.05) is 25.6 Å². The lowest BCUT2D eigenvalue weighted by Gasteiger charge is -2.11. The first kappa shape index (κ1) is 20.1. The average molecular weight is 394 g/mol. The van der Waals surface area contributed by atoms with E-state index in [1.165, 1.54) is 0 Å². The summed E-state index contributed by atoms with van der Waals surface area (Å²) in [4.78, 5) is 13.8. The van der Waals surface area contributed by atoms with Gasteiger partial charge in [-0.05, 0) is 42.3 Å². The molecule has 2 aromatic carbocycles. The van der Waals surface area contributed by atoms with E-state index in [1.807, 2.05) is 43.3 Å². The van der Waals surface area contributed by atoms with Crippen molar-refractivity contribution in [3.63, 3.8) is 0 Å². The number of amides is 1. The molecule has 2 aromatic rings. The summed E-state index contributed by atoms with van der Waals surface area (Å²) in [5.41, 5.74) is 4.52. The van der Waals surface area contributed by atoms with Crippen molar-refractivity contribution < 1.29 is 9.53 Å². The van der Waals surface area contributed by atoms with Crippen LogP contribution in [-0.4, -0.2) is 32.8 Å². The van der Waals surface area contributed by atoms with E-state index in [2.05, 4.69) is 10.5 Å². The Morgan fingerprint density at radius 1 is 1.19 bits per heavy atom. The minimum atomic E-state index is -0.169. The summed E-state index contributed by atoms with van der Waals surface area (Å²) in [6.07, 6.45) is 2.47. The fourth-order valence-corrected chi connectivity index (χ4v) is 2.56. The molecule has 0 aliphatic carbocycles. The minimum absolute atomic E-state index is 0.169. The largest absolute Gasteiger partial charge is 0.492 e. The molecule has 0 atom stereocenters. The van der Waals surface area contributed by atoms with Crippen LogP contribution < -0.4 is 15.1 Å². The molecule has 1 N–H and O–H groups in total. The molecule has 0 aliphatic heterocycles. The molecule has 0 fully saturated rings. The molecule has 0 saturated carbocycles. The van der Waals surface area contributed by atoms with E-state index >= 15 is 0 Å². The predicted molar refractivity (Wildman–Crippen MR) is 108 cm³/mol. The summed E-state index contributed by atoms with van der Waals surface area (Å²) < 4.78 is 5.53. The number of hydrazone groups is 1. The summed E-state index contributed by atoms with van der Waals surface area (Å²) in [7, 11) is 3.96. The van der Waals surface area contributed by atoms with Crippen LogP contribution in [-0.2, 0) is 4.79 Å². The topological polar surface area (TPSA) is 53.9 Å².